The lowest BCUT2D eigenvalue weighted by atomic mass is 9.96. The molecule has 2 aromatic heterocycles. The van der Waals surface area contributed by atoms with Gasteiger partial charge >= 0.3 is 6.18 Å². The molecular formula is C22H23F3N6O2. The number of aromatic amines is 1. The molecule has 3 atom stereocenters. The molecule has 2 N–H and O–H groups in total. The van der Waals surface area contributed by atoms with Crippen molar-refractivity contribution in [1.29, 1.82) is 5.26 Å². The number of nitriles is 1. The minimum atomic E-state index is -4.42. The van der Waals surface area contributed by atoms with Gasteiger partial charge in [0.2, 0.25) is 0 Å². The number of fused-ring (bicyclic) bond motifs is 1. The van der Waals surface area contributed by atoms with E-state index in [1.165, 1.54) is 44.6 Å². The largest absolute Gasteiger partial charge is 0.408 e. The zero-order valence-electron chi connectivity index (χ0n) is 18.1. The third-order valence-corrected chi connectivity index (χ3v) is 5.75. The topological polar surface area (TPSA) is 99.0 Å². The summed E-state index contributed by atoms with van der Waals surface area (Å²) in [5.74, 6) is -0.0690. The van der Waals surface area contributed by atoms with Gasteiger partial charge in [0, 0.05) is 18.5 Å². The van der Waals surface area contributed by atoms with Crippen LogP contribution in [-0.4, -0.2) is 53.1 Å². The van der Waals surface area contributed by atoms with Crippen LogP contribution >= 0.6 is 0 Å². The summed E-state index contributed by atoms with van der Waals surface area (Å²) in [4.78, 5) is 16.3. The lowest BCUT2D eigenvalue weighted by Gasteiger charge is -2.27. The van der Waals surface area contributed by atoms with Crippen molar-refractivity contribution in [3.05, 3.63) is 52.4 Å². The van der Waals surface area contributed by atoms with E-state index in [0.717, 1.165) is 4.90 Å². The monoisotopic (exact) mass is 460 g/mol. The summed E-state index contributed by atoms with van der Waals surface area (Å²) in [6.45, 7) is 0.775. The second-order valence-corrected chi connectivity index (χ2v) is 8.18. The summed E-state index contributed by atoms with van der Waals surface area (Å²) in [6, 6.07) is 7.71. The van der Waals surface area contributed by atoms with Crippen molar-refractivity contribution in [2.24, 2.45) is 5.92 Å². The summed E-state index contributed by atoms with van der Waals surface area (Å²) < 4.78 is 47.4. The number of nitrogens with one attached hydrogen (secondary N) is 2. The van der Waals surface area contributed by atoms with Gasteiger partial charge in [-0.1, -0.05) is 12.1 Å². The molecule has 1 aromatic carbocycles. The number of H-pyrrole nitrogens is 1. The quantitative estimate of drug-likeness (QED) is 0.602. The molecule has 0 radical (unpaired) electrons. The second kappa shape index (κ2) is 8.88. The standard InChI is InChI=1S/C22H23F3N6O2/c1-30(2)19(22(23,24)25)13-3-5-15(6-4-13)28-20-18-16(7-9-27-21(18)32)31(29-20)17-12-33-10-8-14(17)11-26/h3-7,9,14,17,19H,8,10,12H2,1-2H3,(H,27,32)(H,28,29). The van der Waals surface area contributed by atoms with E-state index in [9.17, 15) is 23.2 Å². The molecule has 1 saturated heterocycles. The van der Waals surface area contributed by atoms with Crippen LogP contribution in [0.4, 0.5) is 24.7 Å². The number of anilines is 2. The van der Waals surface area contributed by atoms with Gasteiger partial charge in [-0.2, -0.15) is 23.5 Å². The van der Waals surface area contributed by atoms with Crippen molar-refractivity contribution in [3.8, 4) is 6.07 Å². The zero-order valence-corrected chi connectivity index (χ0v) is 18.1. The van der Waals surface area contributed by atoms with E-state index in [1.54, 1.807) is 10.7 Å². The molecular weight excluding hydrogens is 437 g/mol. The van der Waals surface area contributed by atoms with Gasteiger partial charge in [-0.05, 0) is 44.3 Å². The molecule has 0 spiro atoms. The van der Waals surface area contributed by atoms with E-state index in [2.05, 4.69) is 21.5 Å². The Labute approximate surface area is 187 Å². The Hall–Kier alpha value is -3.36. The maximum atomic E-state index is 13.4. The first-order valence-corrected chi connectivity index (χ1v) is 10.4. The number of aromatic nitrogens is 3. The highest BCUT2D eigenvalue weighted by Crippen LogP contribution is 2.37. The summed E-state index contributed by atoms with van der Waals surface area (Å²) in [6.07, 6.45) is -2.35. The van der Waals surface area contributed by atoms with Crippen molar-refractivity contribution in [3.63, 3.8) is 0 Å². The SMILES string of the molecule is CN(C)C(c1ccc(Nc2nn(C3COCCC3C#N)c3cc[nH]c(=O)c23)cc1)C(F)(F)F. The van der Waals surface area contributed by atoms with Crippen molar-refractivity contribution >= 4 is 22.4 Å². The first-order chi connectivity index (χ1) is 15.7. The minimum absolute atomic E-state index is 0.0995. The predicted octanol–water partition coefficient (Wildman–Crippen LogP) is 3.73. The Bertz CT molecular complexity index is 1230. The summed E-state index contributed by atoms with van der Waals surface area (Å²) in [5, 5.41) is 17.4. The Balaban J connectivity index is 1.70. The lowest BCUT2D eigenvalue weighted by molar-refractivity contribution is -0.179. The van der Waals surface area contributed by atoms with E-state index in [0.29, 0.717) is 36.2 Å². The number of rotatable bonds is 5. The molecule has 174 valence electrons. The number of nitrogens with zero attached hydrogens (tertiary/aromatic N) is 4. The van der Waals surface area contributed by atoms with Crippen LogP contribution in [0.5, 0.6) is 0 Å². The number of hydrogen-bond donors (Lipinski definition) is 2. The fourth-order valence-electron chi connectivity index (χ4n) is 4.22. The van der Waals surface area contributed by atoms with Crippen LogP contribution in [0.1, 0.15) is 24.1 Å². The maximum Gasteiger partial charge on any atom is 0.408 e. The number of alkyl halides is 3. The molecule has 4 rings (SSSR count). The molecule has 3 aromatic rings. The zero-order chi connectivity index (χ0) is 23.8. The summed E-state index contributed by atoms with van der Waals surface area (Å²) >= 11 is 0. The molecule has 0 saturated carbocycles. The van der Waals surface area contributed by atoms with Crippen LogP contribution in [0.2, 0.25) is 0 Å². The van der Waals surface area contributed by atoms with Gasteiger partial charge < -0.3 is 15.0 Å². The minimum Gasteiger partial charge on any atom is -0.379 e. The smallest absolute Gasteiger partial charge is 0.379 e. The number of ether oxygens (including phenoxy) is 1. The fraction of sp³-hybridized carbons (Fsp3) is 0.409. The average molecular weight is 460 g/mol. The molecule has 1 aliphatic heterocycles. The summed E-state index contributed by atoms with van der Waals surface area (Å²) in [7, 11) is 2.75. The average Bonchev–Trinajstić information content (AvgIpc) is 3.13. The normalized spacial score (nSPS) is 20.0. The Morgan fingerprint density at radius 1 is 1.30 bits per heavy atom. The van der Waals surface area contributed by atoms with Gasteiger partial charge in [-0.25, -0.2) is 0 Å². The third kappa shape index (κ3) is 4.44. The first-order valence-electron chi connectivity index (χ1n) is 10.4. The molecule has 8 nitrogen and oxygen atoms in total. The third-order valence-electron chi connectivity index (χ3n) is 5.75. The van der Waals surface area contributed by atoms with E-state index < -0.39 is 12.2 Å². The van der Waals surface area contributed by atoms with Gasteiger partial charge in [0.05, 0.1) is 30.2 Å². The summed E-state index contributed by atoms with van der Waals surface area (Å²) in [5.41, 5.74) is 0.749. The van der Waals surface area contributed by atoms with Crippen molar-refractivity contribution in [2.45, 2.75) is 24.7 Å². The molecule has 3 heterocycles. The number of pyridine rings is 1. The highest BCUT2D eigenvalue weighted by Gasteiger charge is 2.42. The molecule has 0 aliphatic carbocycles. The van der Waals surface area contributed by atoms with Gasteiger partial charge in [-0.3, -0.25) is 14.4 Å². The van der Waals surface area contributed by atoms with Crippen LogP contribution < -0.4 is 10.9 Å². The molecule has 1 fully saturated rings. The van der Waals surface area contributed by atoms with E-state index in [1.807, 2.05) is 0 Å². The van der Waals surface area contributed by atoms with Gasteiger partial charge in [0.1, 0.15) is 11.4 Å². The maximum absolute atomic E-state index is 13.4. The predicted molar refractivity (Wildman–Crippen MR) is 116 cm³/mol. The van der Waals surface area contributed by atoms with E-state index >= 15 is 0 Å². The van der Waals surface area contributed by atoms with Crippen molar-refractivity contribution in [2.75, 3.05) is 32.6 Å². The Morgan fingerprint density at radius 3 is 2.67 bits per heavy atom. The van der Waals surface area contributed by atoms with E-state index in [-0.39, 0.29) is 28.9 Å². The van der Waals surface area contributed by atoms with Crippen LogP contribution in [0.15, 0.2) is 41.3 Å². The molecule has 1 aliphatic rings. The molecule has 3 unspecified atom stereocenters. The number of hydrogen-bond acceptors (Lipinski definition) is 6. The van der Waals surface area contributed by atoms with Crippen molar-refractivity contribution in [1.82, 2.24) is 19.7 Å². The van der Waals surface area contributed by atoms with Crippen LogP contribution in [0.3, 0.4) is 0 Å². The number of benzene rings is 1. The number of halogens is 3. The molecule has 11 heteroatoms. The van der Waals surface area contributed by atoms with Gasteiger partial charge in [0.25, 0.3) is 5.56 Å². The fourth-order valence-corrected chi connectivity index (χ4v) is 4.22. The molecule has 0 amide bonds. The van der Waals surface area contributed by atoms with Crippen LogP contribution in [-0.2, 0) is 4.74 Å². The highest BCUT2D eigenvalue weighted by molar-refractivity contribution is 5.91. The molecule has 33 heavy (non-hydrogen) atoms. The van der Waals surface area contributed by atoms with E-state index in [4.69, 9.17) is 4.74 Å². The Morgan fingerprint density at radius 2 is 2.03 bits per heavy atom. The highest BCUT2D eigenvalue weighted by atomic mass is 19.4. The first kappa shape index (κ1) is 22.8. The van der Waals surface area contributed by atoms with Gasteiger partial charge in [-0.15, -0.1) is 0 Å². The lowest BCUT2D eigenvalue weighted by Crippen LogP contribution is -2.33. The van der Waals surface area contributed by atoms with Crippen LogP contribution in [0.25, 0.3) is 10.9 Å². The Kier molecular flexibility index (Phi) is 6.14. The van der Waals surface area contributed by atoms with Gasteiger partial charge in [0.15, 0.2) is 5.82 Å². The van der Waals surface area contributed by atoms with Crippen molar-refractivity contribution < 1.29 is 17.9 Å². The second-order valence-electron chi connectivity index (χ2n) is 8.18. The molecule has 0 bridgehead atoms. The van der Waals surface area contributed by atoms with Crippen LogP contribution in [0, 0.1) is 17.2 Å².